The molecule has 0 bridgehead atoms. The second kappa shape index (κ2) is 8.77. The van der Waals surface area contributed by atoms with E-state index in [-0.39, 0.29) is 11.8 Å². The number of rotatable bonds is 5. The summed E-state index contributed by atoms with van der Waals surface area (Å²) in [5, 5.41) is 18.3. The first kappa shape index (κ1) is 19.0. The summed E-state index contributed by atoms with van der Waals surface area (Å²) in [7, 11) is 0. The summed E-state index contributed by atoms with van der Waals surface area (Å²) in [6.07, 6.45) is 7.25. The Balaban J connectivity index is 1.22. The first-order valence-corrected chi connectivity index (χ1v) is 10.1. The predicted octanol–water partition coefficient (Wildman–Crippen LogP) is 3.94. The van der Waals surface area contributed by atoms with Crippen molar-refractivity contribution in [3.8, 4) is 0 Å². The van der Waals surface area contributed by atoms with Crippen molar-refractivity contribution in [1.82, 2.24) is 15.3 Å². The van der Waals surface area contributed by atoms with Gasteiger partial charge >= 0.3 is 0 Å². The van der Waals surface area contributed by atoms with E-state index >= 15 is 0 Å². The number of aromatic amines is 1. The number of aromatic nitrogens is 2. The van der Waals surface area contributed by atoms with Crippen LogP contribution in [0, 0.1) is 17.2 Å². The fourth-order valence-corrected chi connectivity index (χ4v) is 3.89. The molecule has 1 amide bonds. The number of amides is 1. The molecule has 2 aromatic heterocycles. The number of carbonyl (C=O) groups is 1. The van der Waals surface area contributed by atoms with E-state index in [4.69, 9.17) is 5.41 Å². The van der Waals surface area contributed by atoms with E-state index in [9.17, 15) is 4.79 Å². The maximum absolute atomic E-state index is 12.7. The van der Waals surface area contributed by atoms with Gasteiger partial charge in [0.2, 0.25) is 5.91 Å². The van der Waals surface area contributed by atoms with Crippen LogP contribution in [-0.4, -0.2) is 28.4 Å². The molecule has 1 fully saturated rings. The number of pyridine rings is 1. The minimum absolute atomic E-state index is 0.0373. The van der Waals surface area contributed by atoms with Gasteiger partial charge in [-0.1, -0.05) is 18.2 Å². The third-order valence-corrected chi connectivity index (χ3v) is 5.55. The number of hydrogen-bond acceptors (Lipinski definition) is 3. The van der Waals surface area contributed by atoms with Crippen molar-refractivity contribution in [3.05, 3.63) is 54.9 Å². The molecule has 0 unspecified atom stereocenters. The Morgan fingerprint density at radius 2 is 1.86 bits per heavy atom. The lowest BCUT2D eigenvalue weighted by atomic mass is 9.81. The minimum atomic E-state index is 0.0373. The molecular formula is C22H26N6O. The van der Waals surface area contributed by atoms with Crippen molar-refractivity contribution >= 4 is 34.3 Å². The summed E-state index contributed by atoms with van der Waals surface area (Å²) in [6.45, 7) is 0.751. The number of guanidine groups is 1. The van der Waals surface area contributed by atoms with Crippen molar-refractivity contribution in [2.75, 3.05) is 17.2 Å². The molecule has 0 radical (unpaired) electrons. The molecule has 1 aliphatic carbocycles. The summed E-state index contributed by atoms with van der Waals surface area (Å²) < 4.78 is 0. The first-order valence-electron chi connectivity index (χ1n) is 10.1. The third-order valence-electron chi connectivity index (χ3n) is 5.55. The predicted molar refractivity (Wildman–Crippen MR) is 116 cm³/mol. The SMILES string of the molecule is N=C(NC[C@H]1CC[C@H](C(=O)Nc2ccnc3[nH]ccc23)CC1)Nc1ccccc1. The van der Waals surface area contributed by atoms with Crippen LogP contribution in [0.2, 0.25) is 0 Å². The molecule has 1 saturated carbocycles. The van der Waals surface area contributed by atoms with Crippen LogP contribution in [-0.2, 0) is 4.79 Å². The summed E-state index contributed by atoms with van der Waals surface area (Å²) in [5.74, 6) is 0.914. The maximum atomic E-state index is 12.7. The number of hydrogen-bond donors (Lipinski definition) is 5. The molecule has 1 aromatic carbocycles. The number of para-hydroxylation sites is 1. The van der Waals surface area contributed by atoms with Crippen LogP contribution in [0.15, 0.2) is 54.9 Å². The Bertz CT molecular complexity index is 975. The van der Waals surface area contributed by atoms with Gasteiger partial charge in [-0.15, -0.1) is 0 Å². The lowest BCUT2D eigenvalue weighted by Gasteiger charge is -2.28. The van der Waals surface area contributed by atoms with E-state index in [2.05, 4.69) is 25.9 Å². The van der Waals surface area contributed by atoms with Crippen molar-refractivity contribution in [2.24, 2.45) is 11.8 Å². The lowest BCUT2D eigenvalue weighted by Crippen LogP contribution is -2.36. The average Bonchev–Trinajstić information content (AvgIpc) is 3.23. The Kier molecular flexibility index (Phi) is 5.74. The van der Waals surface area contributed by atoms with Gasteiger partial charge in [-0.3, -0.25) is 10.2 Å². The van der Waals surface area contributed by atoms with Crippen molar-refractivity contribution < 1.29 is 4.79 Å². The molecule has 5 N–H and O–H groups in total. The Morgan fingerprint density at radius 1 is 1.07 bits per heavy atom. The normalized spacial score (nSPS) is 18.9. The molecular weight excluding hydrogens is 364 g/mol. The van der Waals surface area contributed by atoms with E-state index < -0.39 is 0 Å². The second-order valence-corrected chi connectivity index (χ2v) is 7.55. The molecule has 3 aromatic rings. The van der Waals surface area contributed by atoms with Gasteiger partial charge in [-0.05, 0) is 55.9 Å². The van der Waals surface area contributed by atoms with Crippen LogP contribution < -0.4 is 16.0 Å². The van der Waals surface area contributed by atoms with E-state index in [1.165, 1.54) is 0 Å². The number of nitrogens with zero attached hydrogens (tertiary/aromatic N) is 1. The zero-order valence-electron chi connectivity index (χ0n) is 16.2. The molecule has 4 rings (SSSR count). The van der Waals surface area contributed by atoms with Crippen molar-refractivity contribution in [1.29, 1.82) is 5.41 Å². The van der Waals surface area contributed by atoms with Crippen LogP contribution in [0.1, 0.15) is 25.7 Å². The molecule has 1 aliphatic rings. The maximum Gasteiger partial charge on any atom is 0.227 e. The zero-order valence-corrected chi connectivity index (χ0v) is 16.2. The largest absolute Gasteiger partial charge is 0.356 e. The molecule has 29 heavy (non-hydrogen) atoms. The van der Waals surface area contributed by atoms with Crippen molar-refractivity contribution in [3.63, 3.8) is 0 Å². The average molecular weight is 390 g/mol. The van der Waals surface area contributed by atoms with Gasteiger partial charge in [0.15, 0.2) is 5.96 Å². The van der Waals surface area contributed by atoms with Gasteiger partial charge in [0.1, 0.15) is 5.65 Å². The van der Waals surface area contributed by atoms with E-state index in [1.807, 2.05) is 48.7 Å². The number of benzene rings is 1. The smallest absolute Gasteiger partial charge is 0.227 e. The molecule has 150 valence electrons. The highest BCUT2D eigenvalue weighted by atomic mass is 16.1. The van der Waals surface area contributed by atoms with Gasteiger partial charge in [0.05, 0.1) is 5.69 Å². The Morgan fingerprint density at radius 3 is 2.66 bits per heavy atom. The number of H-pyrrole nitrogens is 1. The Labute approximate surface area is 169 Å². The van der Waals surface area contributed by atoms with Crippen LogP contribution in [0.5, 0.6) is 0 Å². The first-order chi connectivity index (χ1) is 14.2. The monoisotopic (exact) mass is 390 g/mol. The van der Waals surface area contributed by atoms with E-state index in [0.717, 1.165) is 54.6 Å². The number of nitrogens with one attached hydrogen (secondary N) is 5. The summed E-state index contributed by atoms with van der Waals surface area (Å²) in [5.41, 5.74) is 2.49. The summed E-state index contributed by atoms with van der Waals surface area (Å²) in [4.78, 5) is 20.0. The van der Waals surface area contributed by atoms with E-state index in [0.29, 0.717) is 11.9 Å². The molecule has 7 heteroatoms. The highest BCUT2D eigenvalue weighted by Crippen LogP contribution is 2.30. The molecule has 0 spiro atoms. The molecule has 7 nitrogen and oxygen atoms in total. The number of fused-ring (bicyclic) bond motifs is 1. The highest BCUT2D eigenvalue weighted by molar-refractivity contribution is 6.00. The summed E-state index contributed by atoms with van der Waals surface area (Å²) in [6, 6.07) is 13.5. The topological polar surface area (TPSA) is 106 Å². The molecule has 0 atom stereocenters. The third kappa shape index (κ3) is 4.74. The van der Waals surface area contributed by atoms with Gasteiger partial charge in [0.25, 0.3) is 0 Å². The van der Waals surface area contributed by atoms with Crippen LogP contribution in [0.3, 0.4) is 0 Å². The molecule has 2 heterocycles. The van der Waals surface area contributed by atoms with Crippen LogP contribution in [0.25, 0.3) is 11.0 Å². The second-order valence-electron chi connectivity index (χ2n) is 7.55. The standard InChI is InChI=1S/C22H26N6O/c23-22(27-17-4-2-1-3-5-17)26-14-15-6-8-16(9-7-15)21(29)28-19-11-13-25-20-18(19)10-12-24-20/h1-5,10-13,15-16H,6-9,14H2,(H3,23,26,27)(H2,24,25,28,29)/t15-,16-. The highest BCUT2D eigenvalue weighted by Gasteiger charge is 2.26. The fraction of sp³-hybridized carbons (Fsp3) is 0.318. The van der Waals surface area contributed by atoms with Crippen molar-refractivity contribution in [2.45, 2.75) is 25.7 Å². The molecule has 0 aliphatic heterocycles. The van der Waals surface area contributed by atoms with E-state index in [1.54, 1.807) is 6.20 Å². The quantitative estimate of drug-likeness (QED) is 0.336. The molecule has 0 saturated heterocycles. The Hall–Kier alpha value is -3.35. The number of carbonyl (C=O) groups excluding carboxylic acids is 1. The number of anilines is 2. The zero-order chi connectivity index (χ0) is 20.1. The lowest BCUT2D eigenvalue weighted by molar-refractivity contribution is -0.121. The van der Waals surface area contributed by atoms with Gasteiger partial charge in [-0.2, -0.15) is 0 Å². The minimum Gasteiger partial charge on any atom is -0.356 e. The van der Waals surface area contributed by atoms with Gasteiger partial charge < -0.3 is 20.9 Å². The summed E-state index contributed by atoms with van der Waals surface area (Å²) >= 11 is 0. The van der Waals surface area contributed by atoms with Crippen LogP contribution >= 0.6 is 0 Å². The van der Waals surface area contributed by atoms with Gasteiger partial charge in [-0.25, -0.2) is 4.98 Å². The van der Waals surface area contributed by atoms with Crippen LogP contribution in [0.4, 0.5) is 11.4 Å². The fourth-order valence-electron chi connectivity index (χ4n) is 3.89. The van der Waals surface area contributed by atoms with Gasteiger partial charge in [0, 0.05) is 35.9 Å².